The minimum absolute atomic E-state index is 0.128. The molecular formula is C20H21N5O3. The Hall–Kier alpha value is -3.42. The van der Waals surface area contributed by atoms with Gasteiger partial charge in [-0.05, 0) is 43.0 Å². The van der Waals surface area contributed by atoms with Crippen LogP contribution in [0.15, 0.2) is 41.2 Å². The van der Waals surface area contributed by atoms with Crippen LogP contribution in [-0.4, -0.2) is 39.5 Å². The quantitative estimate of drug-likeness (QED) is 0.677. The standard InChI is InChI=1S/C20H21N5O3/c1-28-15-6-2-4-13(10-15)17-12-18(23-22-17)20(27)21-8-9-25-19(26)11-14-5-3-7-16(14)24-25/h2,4,6,10-12H,3,5,7-9H2,1H3,(H,21,27)(H,22,23). The van der Waals surface area contributed by atoms with Crippen LogP contribution in [0.1, 0.15) is 28.2 Å². The SMILES string of the molecule is COc1cccc(-c2cc(C(=O)NCCn3nc4c(cc3=O)CCC4)[nH]n2)c1. The minimum atomic E-state index is -0.282. The molecule has 0 unspecified atom stereocenters. The van der Waals surface area contributed by atoms with Crippen LogP contribution in [-0.2, 0) is 19.4 Å². The van der Waals surface area contributed by atoms with Crippen LogP contribution in [0.5, 0.6) is 5.75 Å². The molecule has 0 spiro atoms. The van der Waals surface area contributed by atoms with E-state index in [1.54, 1.807) is 19.2 Å². The van der Waals surface area contributed by atoms with Gasteiger partial charge >= 0.3 is 0 Å². The number of fused-ring (bicyclic) bond motifs is 1. The van der Waals surface area contributed by atoms with E-state index in [9.17, 15) is 9.59 Å². The van der Waals surface area contributed by atoms with Gasteiger partial charge in [-0.3, -0.25) is 14.7 Å². The van der Waals surface area contributed by atoms with E-state index in [1.807, 2.05) is 24.3 Å². The summed E-state index contributed by atoms with van der Waals surface area (Å²) in [7, 11) is 1.60. The van der Waals surface area contributed by atoms with E-state index in [4.69, 9.17) is 4.74 Å². The molecule has 0 saturated heterocycles. The van der Waals surface area contributed by atoms with Gasteiger partial charge in [-0.2, -0.15) is 10.2 Å². The first-order valence-corrected chi connectivity index (χ1v) is 9.22. The summed E-state index contributed by atoms with van der Waals surface area (Å²) >= 11 is 0. The third kappa shape index (κ3) is 3.66. The Morgan fingerprint density at radius 1 is 1.29 bits per heavy atom. The van der Waals surface area contributed by atoms with E-state index in [0.29, 0.717) is 24.5 Å². The average Bonchev–Trinajstić information content (AvgIpc) is 3.37. The molecule has 0 saturated carbocycles. The molecule has 2 N–H and O–H groups in total. The number of aromatic amines is 1. The normalized spacial score (nSPS) is 12.6. The Balaban J connectivity index is 1.38. The average molecular weight is 379 g/mol. The maximum Gasteiger partial charge on any atom is 0.269 e. The number of methoxy groups -OCH3 is 1. The van der Waals surface area contributed by atoms with Gasteiger partial charge in [0.15, 0.2) is 0 Å². The van der Waals surface area contributed by atoms with Crippen LogP contribution >= 0.6 is 0 Å². The van der Waals surface area contributed by atoms with Crippen LogP contribution in [0.25, 0.3) is 11.3 Å². The van der Waals surface area contributed by atoms with Crippen molar-refractivity contribution in [3.05, 3.63) is 63.7 Å². The van der Waals surface area contributed by atoms with Gasteiger partial charge in [0.25, 0.3) is 11.5 Å². The molecule has 28 heavy (non-hydrogen) atoms. The highest BCUT2D eigenvalue weighted by molar-refractivity contribution is 5.93. The summed E-state index contributed by atoms with van der Waals surface area (Å²) in [6, 6.07) is 10.8. The van der Waals surface area contributed by atoms with Crippen LogP contribution in [0.2, 0.25) is 0 Å². The number of hydrogen-bond donors (Lipinski definition) is 2. The molecule has 3 aromatic rings. The van der Waals surface area contributed by atoms with Gasteiger partial charge in [-0.15, -0.1) is 0 Å². The number of H-pyrrole nitrogens is 1. The monoisotopic (exact) mass is 379 g/mol. The highest BCUT2D eigenvalue weighted by Crippen LogP contribution is 2.22. The van der Waals surface area contributed by atoms with Crippen LogP contribution in [0, 0.1) is 0 Å². The largest absolute Gasteiger partial charge is 0.497 e. The summed E-state index contributed by atoms with van der Waals surface area (Å²) < 4.78 is 6.63. The molecule has 1 amide bonds. The van der Waals surface area contributed by atoms with E-state index in [2.05, 4.69) is 20.6 Å². The second-order valence-corrected chi connectivity index (χ2v) is 6.69. The van der Waals surface area contributed by atoms with Crippen molar-refractivity contribution in [2.24, 2.45) is 0 Å². The number of carbonyl (C=O) groups excluding carboxylic acids is 1. The molecule has 0 radical (unpaired) electrons. The molecular weight excluding hydrogens is 358 g/mol. The minimum Gasteiger partial charge on any atom is -0.497 e. The molecule has 8 heteroatoms. The van der Waals surface area contributed by atoms with Crippen molar-refractivity contribution >= 4 is 5.91 Å². The number of hydrogen-bond acceptors (Lipinski definition) is 5. The zero-order valence-corrected chi connectivity index (χ0v) is 15.6. The number of nitrogens with zero attached hydrogens (tertiary/aromatic N) is 3. The number of benzene rings is 1. The van der Waals surface area contributed by atoms with Crippen molar-refractivity contribution in [2.75, 3.05) is 13.7 Å². The summed E-state index contributed by atoms with van der Waals surface area (Å²) in [6.07, 6.45) is 2.87. The molecule has 8 nitrogen and oxygen atoms in total. The Morgan fingerprint density at radius 3 is 3.04 bits per heavy atom. The zero-order valence-electron chi connectivity index (χ0n) is 15.6. The Kier molecular flexibility index (Phi) is 4.92. The van der Waals surface area contributed by atoms with E-state index in [-0.39, 0.29) is 11.5 Å². The highest BCUT2D eigenvalue weighted by atomic mass is 16.5. The van der Waals surface area contributed by atoms with Gasteiger partial charge in [0, 0.05) is 18.2 Å². The summed E-state index contributed by atoms with van der Waals surface area (Å²) in [5.74, 6) is 0.439. The van der Waals surface area contributed by atoms with Gasteiger partial charge in [0.2, 0.25) is 0 Å². The second-order valence-electron chi connectivity index (χ2n) is 6.69. The first kappa shape index (κ1) is 18.0. The topological polar surface area (TPSA) is 102 Å². The molecule has 0 bridgehead atoms. The zero-order chi connectivity index (χ0) is 19.5. The van der Waals surface area contributed by atoms with Gasteiger partial charge < -0.3 is 10.1 Å². The third-order valence-corrected chi connectivity index (χ3v) is 4.82. The lowest BCUT2D eigenvalue weighted by Crippen LogP contribution is -2.32. The summed E-state index contributed by atoms with van der Waals surface area (Å²) in [4.78, 5) is 24.5. The van der Waals surface area contributed by atoms with E-state index >= 15 is 0 Å². The maximum absolute atomic E-state index is 12.4. The lowest BCUT2D eigenvalue weighted by Gasteiger charge is -2.07. The van der Waals surface area contributed by atoms with Gasteiger partial charge in [0.05, 0.1) is 25.0 Å². The number of ether oxygens (including phenoxy) is 1. The maximum atomic E-state index is 12.4. The number of aryl methyl sites for hydroxylation is 2. The lowest BCUT2D eigenvalue weighted by atomic mass is 10.1. The molecule has 2 aromatic heterocycles. The van der Waals surface area contributed by atoms with Crippen molar-refractivity contribution in [1.29, 1.82) is 0 Å². The van der Waals surface area contributed by atoms with Crippen LogP contribution in [0.4, 0.5) is 0 Å². The molecule has 144 valence electrons. The third-order valence-electron chi connectivity index (χ3n) is 4.82. The number of rotatable bonds is 6. The fourth-order valence-corrected chi connectivity index (χ4v) is 3.34. The predicted octanol–water partition coefficient (Wildman–Crippen LogP) is 1.56. The van der Waals surface area contributed by atoms with Gasteiger partial charge in [-0.25, -0.2) is 4.68 Å². The first-order chi connectivity index (χ1) is 13.6. The number of carbonyl (C=O) groups is 1. The number of amides is 1. The second kappa shape index (κ2) is 7.67. The molecule has 1 aliphatic carbocycles. The fourth-order valence-electron chi connectivity index (χ4n) is 3.34. The van der Waals surface area contributed by atoms with Crippen molar-refractivity contribution < 1.29 is 9.53 Å². The lowest BCUT2D eigenvalue weighted by molar-refractivity contribution is 0.0946. The molecule has 0 fully saturated rings. The van der Waals surface area contributed by atoms with Gasteiger partial charge in [-0.1, -0.05) is 12.1 Å². The Morgan fingerprint density at radius 2 is 2.18 bits per heavy atom. The number of aromatic nitrogens is 4. The predicted molar refractivity (Wildman–Crippen MR) is 103 cm³/mol. The van der Waals surface area contributed by atoms with Crippen LogP contribution in [0.3, 0.4) is 0 Å². The van der Waals surface area contributed by atoms with Crippen molar-refractivity contribution in [1.82, 2.24) is 25.3 Å². The summed E-state index contributed by atoms with van der Waals surface area (Å²) in [5, 5.41) is 14.1. The molecule has 4 rings (SSSR count). The molecule has 0 atom stereocenters. The summed E-state index contributed by atoms with van der Waals surface area (Å²) in [5.41, 5.74) is 3.77. The van der Waals surface area contributed by atoms with Crippen molar-refractivity contribution in [2.45, 2.75) is 25.8 Å². The van der Waals surface area contributed by atoms with Crippen molar-refractivity contribution in [3.8, 4) is 17.0 Å². The molecule has 0 aliphatic heterocycles. The first-order valence-electron chi connectivity index (χ1n) is 9.22. The van der Waals surface area contributed by atoms with E-state index < -0.39 is 0 Å². The molecule has 1 aliphatic rings. The Labute approximate surface area is 161 Å². The highest BCUT2D eigenvalue weighted by Gasteiger charge is 2.15. The smallest absolute Gasteiger partial charge is 0.269 e. The van der Waals surface area contributed by atoms with E-state index in [0.717, 1.165) is 41.8 Å². The van der Waals surface area contributed by atoms with E-state index in [1.165, 1.54) is 4.68 Å². The Bertz CT molecular complexity index is 1070. The summed E-state index contributed by atoms with van der Waals surface area (Å²) in [6.45, 7) is 0.632. The fraction of sp³-hybridized carbons (Fsp3) is 0.300. The molecule has 1 aromatic carbocycles. The molecule has 2 heterocycles. The van der Waals surface area contributed by atoms with Crippen molar-refractivity contribution in [3.63, 3.8) is 0 Å². The van der Waals surface area contributed by atoms with Gasteiger partial charge in [0.1, 0.15) is 11.4 Å². The van der Waals surface area contributed by atoms with Crippen LogP contribution < -0.4 is 15.6 Å². The number of nitrogens with one attached hydrogen (secondary N) is 2.